The molecule has 3 N–H and O–H groups in total. The van der Waals surface area contributed by atoms with Crippen LogP contribution in [0.2, 0.25) is 0 Å². The maximum absolute atomic E-state index is 12.2. The van der Waals surface area contributed by atoms with Gasteiger partial charge in [0.15, 0.2) is 5.54 Å². The number of carbonyl (C=O) groups excluding carboxylic acids is 1. The molecule has 0 aliphatic carbocycles. The Kier molecular flexibility index (Phi) is 4.10. The van der Waals surface area contributed by atoms with Gasteiger partial charge in [0.1, 0.15) is 0 Å². The number of hydrogen-bond acceptors (Lipinski definition) is 3. The normalized spacial score (nSPS) is 17.4. The van der Waals surface area contributed by atoms with Crippen molar-refractivity contribution in [1.29, 1.82) is 5.26 Å². The Labute approximate surface area is 85.2 Å². The number of nitrogens with two attached hydrogens (primary N) is 1. The lowest BCUT2D eigenvalue weighted by Gasteiger charge is -2.26. The molecule has 0 saturated heterocycles. The lowest BCUT2D eigenvalue weighted by Crippen LogP contribution is -2.61. The first-order chi connectivity index (χ1) is 6.63. The average Bonchev–Trinajstić information content (AvgIpc) is 2.11. The third-order valence-electron chi connectivity index (χ3n) is 1.85. The molecule has 0 rings (SSSR count). The first-order valence-electron chi connectivity index (χ1n) is 4.16. The summed E-state index contributed by atoms with van der Waals surface area (Å²) < 4.78 is 36.7. The Morgan fingerprint density at radius 2 is 2.07 bits per heavy atom. The summed E-state index contributed by atoms with van der Waals surface area (Å²) in [4.78, 5) is 11.1. The van der Waals surface area contributed by atoms with Gasteiger partial charge in [0.05, 0.1) is 12.0 Å². The van der Waals surface area contributed by atoms with Crippen LogP contribution in [0.25, 0.3) is 0 Å². The number of nitrogens with one attached hydrogen (secondary N) is 1. The maximum atomic E-state index is 12.2. The zero-order chi connectivity index (χ0) is 12.3. The number of hydrogen-bond donors (Lipinski definition) is 2. The minimum atomic E-state index is -4.81. The predicted molar refractivity (Wildman–Crippen MR) is 46.4 cm³/mol. The second-order valence-electron chi connectivity index (χ2n) is 3.44. The van der Waals surface area contributed by atoms with Crippen molar-refractivity contribution in [3.8, 4) is 6.07 Å². The molecule has 0 saturated carbocycles. The zero-order valence-corrected chi connectivity index (χ0v) is 8.35. The van der Waals surface area contributed by atoms with Gasteiger partial charge in [0.25, 0.3) is 0 Å². The Balaban J connectivity index is 4.41. The monoisotopic (exact) mass is 223 g/mol. The summed E-state index contributed by atoms with van der Waals surface area (Å²) in [6.45, 7) is 1.90. The fraction of sp³-hybridized carbons (Fsp3) is 0.750. The smallest absolute Gasteiger partial charge is 0.353 e. The van der Waals surface area contributed by atoms with Gasteiger partial charge in [-0.2, -0.15) is 18.4 Å². The number of carbonyl (C=O) groups is 1. The summed E-state index contributed by atoms with van der Waals surface area (Å²) in [5.41, 5.74) is 1.92. The molecular weight excluding hydrogens is 211 g/mol. The Morgan fingerprint density at radius 1 is 1.60 bits per heavy atom. The average molecular weight is 223 g/mol. The van der Waals surface area contributed by atoms with Crippen LogP contribution < -0.4 is 11.1 Å². The highest BCUT2D eigenvalue weighted by molar-refractivity contribution is 5.86. The summed E-state index contributed by atoms with van der Waals surface area (Å²) >= 11 is 0. The van der Waals surface area contributed by atoms with Crippen molar-refractivity contribution in [3.63, 3.8) is 0 Å². The minimum absolute atomic E-state index is 0.155. The van der Waals surface area contributed by atoms with Crippen molar-refractivity contribution in [3.05, 3.63) is 0 Å². The van der Waals surface area contributed by atoms with E-state index in [1.807, 2.05) is 5.32 Å². The SMILES string of the molecule is CC(C#N)CNC(=O)C(C)(N)C(F)(F)F. The van der Waals surface area contributed by atoms with Crippen molar-refractivity contribution >= 4 is 5.91 Å². The van der Waals surface area contributed by atoms with Crippen molar-refractivity contribution in [2.45, 2.75) is 25.6 Å². The van der Waals surface area contributed by atoms with E-state index in [2.05, 4.69) is 0 Å². The molecule has 0 bridgehead atoms. The molecule has 2 unspecified atom stereocenters. The number of halogens is 3. The van der Waals surface area contributed by atoms with Crippen molar-refractivity contribution in [2.75, 3.05) is 6.54 Å². The molecule has 0 spiro atoms. The summed E-state index contributed by atoms with van der Waals surface area (Å²) in [6, 6.07) is 1.77. The molecule has 0 fully saturated rings. The van der Waals surface area contributed by atoms with Gasteiger partial charge in [-0.15, -0.1) is 0 Å². The van der Waals surface area contributed by atoms with Crippen molar-refractivity contribution in [2.24, 2.45) is 11.7 Å². The van der Waals surface area contributed by atoms with Crippen LogP contribution >= 0.6 is 0 Å². The quantitative estimate of drug-likeness (QED) is 0.733. The van der Waals surface area contributed by atoms with Gasteiger partial charge in [-0.25, -0.2) is 0 Å². The van der Waals surface area contributed by atoms with E-state index in [9.17, 15) is 18.0 Å². The molecule has 0 radical (unpaired) electrons. The van der Waals surface area contributed by atoms with Crippen molar-refractivity contribution in [1.82, 2.24) is 5.32 Å². The van der Waals surface area contributed by atoms with Gasteiger partial charge in [-0.05, 0) is 13.8 Å². The van der Waals surface area contributed by atoms with Gasteiger partial charge >= 0.3 is 6.18 Å². The summed E-state index contributed by atoms with van der Waals surface area (Å²) in [5.74, 6) is -1.89. The molecule has 1 amide bonds. The highest BCUT2D eigenvalue weighted by Gasteiger charge is 2.53. The van der Waals surface area contributed by atoms with Gasteiger partial charge < -0.3 is 11.1 Å². The predicted octanol–water partition coefficient (Wildman–Crippen LogP) is 0.542. The molecular formula is C8H12F3N3O. The highest BCUT2D eigenvalue weighted by Crippen LogP contribution is 2.27. The van der Waals surface area contributed by atoms with E-state index in [4.69, 9.17) is 11.0 Å². The van der Waals surface area contributed by atoms with Crippen LogP contribution in [-0.4, -0.2) is 24.2 Å². The Morgan fingerprint density at radius 3 is 2.40 bits per heavy atom. The lowest BCUT2D eigenvalue weighted by molar-refractivity contribution is -0.187. The summed E-state index contributed by atoms with van der Waals surface area (Å²) in [6.07, 6.45) is -4.81. The molecule has 0 aliphatic heterocycles. The number of alkyl halides is 3. The molecule has 0 aromatic heterocycles. The third kappa shape index (κ3) is 3.40. The van der Waals surface area contributed by atoms with E-state index in [1.54, 1.807) is 6.07 Å². The van der Waals surface area contributed by atoms with Gasteiger partial charge in [-0.1, -0.05) is 0 Å². The van der Waals surface area contributed by atoms with Gasteiger partial charge in [-0.3, -0.25) is 4.79 Å². The first-order valence-corrected chi connectivity index (χ1v) is 4.16. The number of nitriles is 1. The molecule has 7 heteroatoms. The van der Waals surface area contributed by atoms with Crippen LogP contribution in [0.1, 0.15) is 13.8 Å². The molecule has 86 valence electrons. The molecule has 2 atom stereocenters. The fourth-order valence-corrected chi connectivity index (χ4v) is 0.604. The van der Waals surface area contributed by atoms with Crippen LogP contribution in [0.5, 0.6) is 0 Å². The van der Waals surface area contributed by atoms with Crippen LogP contribution in [0, 0.1) is 17.2 Å². The van der Waals surface area contributed by atoms with E-state index in [-0.39, 0.29) is 6.54 Å². The highest BCUT2D eigenvalue weighted by atomic mass is 19.4. The topological polar surface area (TPSA) is 78.9 Å². The van der Waals surface area contributed by atoms with E-state index < -0.39 is 23.5 Å². The summed E-state index contributed by atoms with van der Waals surface area (Å²) in [7, 11) is 0. The second kappa shape index (κ2) is 4.49. The van der Waals surface area contributed by atoms with Crippen LogP contribution in [-0.2, 0) is 4.79 Å². The number of nitrogens with zero attached hydrogens (tertiary/aromatic N) is 1. The van der Waals surface area contributed by atoms with Crippen molar-refractivity contribution < 1.29 is 18.0 Å². The minimum Gasteiger partial charge on any atom is -0.353 e. The van der Waals surface area contributed by atoms with Gasteiger partial charge in [0, 0.05) is 6.54 Å². The standard InChI is InChI=1S/C8H12F3N3O/c1-5(3-12)4-14-6(15)7(2,13)8(9,10)11/h5H,4,13H2,1-2H3,(H,14,15). The number of rotatable bonds is 3. The van der Waals surface area contributed by atoms with Crippen LogP contribution in [0.4, 0.5) is 13.2 Å². The van der Waals surface area contributed by atoms with E-state index >= 15 is 0 Å². The van der Waals surface area contributed by atoms with Crippen LogP contribution in [0.3, 0.4) is 0 Å². The maximum Gasteiger partial charge on any atom is 0.415 e. The molecule has 0 aromatic rings. The third-order valence-corrected chi connectivity index (χ3v) is 1.85. The molecule has 4 nitrogen and oxygen atoms in total. The Bertz CT molecular complexity index is 280. The van der Waals surface area contributed by atoms with Crippen LogP contribution in [0.15, 0.2) is 0 Å². The fourth-order valence-electron chi connectivity index (χ4n) is 0.604. The molecule has 0 aliphatic rings. The Hall–Kier alpha value is -1.29. The van der Waals surface area contributed by atoms with Gasteiger partial charge in [0.2, 0.25) is 5.91 Å². The zero-order valence-electron chi connectivity index (χ0n) is 8.35. The molecule has 15 heavy (non-hydrogen) atoms. The largest absolute Gasteiger partial charge is 0.415 e. The second-order valence-corrected chi connectivity index (χ2v) is 3.44. The summed E-state index contributed by atoms with van der Waals surface area (Å²) in [5, 5.41) is 10.3. The van der Waals surface area contributed by atoms with E-state index in [1.165, 1.54) is 6.92 Å². The molecule has 0 aromatic carbocycles. The first kappa shape index (κ1) is 13.7. The number of amides is 1. The van der Waals surface area contributed by atoms with E-state index in [0.29, 0.717) is 6.92 Å². The van der Waals surface area contributed by atoms with E-state index in [0.717, 1.165) is 0 Å². The lowest BCUT2D eigenvalue weighted by atomic mass is 10.0. The molecule has 0 heterocycles.